The minimum Gasteiger partial charge on any atom is -0.493 e. The molecule has 1 fully saturated rings. The predicted octanol–water partition coefficient (Wildman–Crippen LogP) is 2.16. The molecule has 1 aromatic carbocycles. The normalized spacial score (nSPS) is 16.2. The van der Waals surface area contributed by atoms with E-state index in [1.54, 1.807) is 0 Å². The van der Waals surface area contributed by atoms with Crippen LogP contribution in [0.2, 0.25) is 0 Å². The van der Waals surface area contributed by atoms with Gasteiger partial charge in [0.25, 0.3) is 0 Å². The molecule has 0 radical (unpaired) electrons. The number of piperidine rings is 1. The van der Waals surface area contributed by atoms with Gasteiger partial charge in [0.15, 0.2) is 0 Å². The average Bonchev–Trinajstić information content (AvgIpc) is 2.98. The summed E-state index contributed by atoms with van der Waals surface area (Å²) in [5, 5.41) is 11.6. The number of benzene rings is 1. The van der Waals surface area contributed by atoms with Gasteiger partial charge in [0, 0.05) is 5.92 Å². The Bertz CT molecular complexity index is 521. The molecular weight excluding hydrogens is 254 g/mol. The summed E-state index contributed by atoms with van der Waals surface area (Å²) in [5.41, 5.74) is 0. The molecule has 0 bridgehead atoms. The van der Waals surface area contributed by atoms with E-state index in [4.69, 9.17) is 9.15 Å². The van der Waals surface area contributed by atoms with Crippen LogP contribution < -0.4 is 10.1 Å². The highest BCUT2D eigenvalue weighted by molar-refractivity contribution is 5.20. The summed E-state index contributed by atoms with van der Waals surface area (Å²) >= 11 is 0. The van der Waals surface area contributed by atoms with Crippen molar-refractivity contribution in [3.8, 4) is 5.75 Å². The third kappa shape index (κ3) is 3.36. The third-order valence-corrected chi connectivity index (χ3v) is 3.50. The Morgan fingerprint density at radius 2 is 1.95 bits per heavy atom. The van der Waals surface area contributed by atoms with Gasteiger partial charge in [0.05, 0.1) is 13.0 Å². The molecule has 0 atom stereocenters. The molecule has 20 heavy (non-hydrogen) atoms. The van der Waals surface area contributed by atoms with Crippen LogP contribution in [0.4, 0.5) is 0 Å². The molecule has 0 aliphatic carbocycles. The van der Waals surface area contributed by atoms with Gasteiger partial charge in [0.1, 0.15) is 5.75 Å². The highest BCUT2D eigenvalue weighted by Gasteiger charge is 2.20. The average molecular weight is 273 g/mol. The van der Waals surface area contributed by atoms with Crippen molar-refractivity contribution in [2.24, 2.45) is 0 Å². The Kier molecular flexibility index (Phi) is 4.28. The number of hydrogen-bond acceptors (Lipinski definition) is 5. The van der Waals surface area contributed by atoms with Crippen LogP contribution in [0.25, 0.3) is 0 Å². The molecule has 106 valence electrons. The van der Waals surface area contributed by atoms with Crippen LogP contribution in [0.3, 0.4) is 0 Å². The van der Waals surface area contributed by atoms with E-state index in [1.165, 1.54) is 0 Å². The highest BCUT2D eigenvalue weighted by Crippen LogP contribution is 2.23. The topological polar surface area (TPSA) is 60.2 Å². The van der Waals surface area contributed by atoms with E-state index in [0.717, 1.165) is 37.6 Å². The van der Waals surface area contributed by atoms with Gasteiger partial charge < -0.3 is 14.5 Å². The van der Waals surface area contributed by atoms with Crippen LogP contribution in [-0.4, -0.2) is 29.9 Å². The Morgan fingerprint density at radius 3 is 2.75 bits per heavy atom. The minimum atomic E-state index is 0.410. The largest absolute Gasteiger partial charge is 0.493 e. The number of para-hydroxylation sites is 1. The van der Waals surface area contributed by atoms with Crippen LogP contribution in [0.15, 0.2) is 34.7 Å². The van der Waals surface area contributed by atoms with E-state index in [2.05, 4.69) is 15.5 Å². The zero-order chi connectivity index (χ0) is 13.6. The van der Waals surface area contributed by atoms with Gasteiger partial charge in [-0.3, -0.25) is 0 Å². The zero-order valence-electron chi connectivity index (χ0n) is 11.4. The fraction of sp³-hybridized carbons (Fsp3) is 0.467. The fourth-order valence-corrected chi connectivity index (χ4v) is 2.37. The molecule has 5 nitrogen and oxygen atoms in total. The van der Waals surface area contributed by atoms with E-state index in [0.29, 0.717) is 24.8 Å². The van der Waals surface area contributed by atoms with Crippen LogP contribution >= 0.6 is 0 Å². The van der Waals surface area contributed by atoms with Crippen molar-refractivity contribution < 1.29 is 9.15 Å². The fourth-order valence-electron chi connectivity index (χ4n) is 2.37. The molecule has 0 saturated carbocycles. The first-order chi connectivity index (χ1) is 9.92. The first kappa shape index (κ1) is 13.1. The standard InChI is InChI=1S/C15H19N3O2/c1-2-4-13(5-3-1)19-11-8-14-17-18-15(20-14)12-6-9-16-10-7-12/h1-5,12,16H,6-11H2. The van der Waals surface area contributed by atoms with Crippen molar-refractivity contribution in [3.63, 3.8) is 0 Å². The summed E-state index contributed by atoms with van der Waals surface area (Å²) in [6.45, 7) is 2.61. The van der Waals surface area contributed by atoms with Crippen molar-refractivity contribution in [3.05, 3.63) is 42.1 Å². The molecule has 0 unspecified atom stereocenters. The lowest BCUT2D eigenvalue weighted by molar-refractivity contribution is 0.298. The van der Waals surface area contributed by atoms with Crippen LogP contribution in [0.1, 0.15) is 30.5 Å². The molecule has 0 amide bonds. The van der Waals surface area contributed by atoms with Gasteiger partial charge in [-0.15, -0.1) is 10.2 Å². The van der Waals surface area contributed by atoms with E-state index in [9.17, 15) is 0 Å². The Balaban J connectivity index is 1.50. The van der Waals surface area contributed by atoms with Crippen LogP contribution in [0.5, 0.6) is 5.75 Å². The summed E-state index contributed by atoms with van der Waals surface area (Å²) in [4.78, 5) is 0. The Labute approximate surface area is 118 Å². The van der Waals surface area contributed by atoms with Gasteiger partial charge in [-0.1, -0.05) is 18.2 Å². The molecule has 1 aromatic heterocycles. The molecule has 2 aromatic rings. The van der Waals surface area contributed by atoms with E-state index in [-0.39, 0.29) is 0 Å². The molecule has 1 aliphatic heterocycles. The third-order valence-electron chi connectivity index (χ3n) is 3.50. The first-order valence-corrected chi connectivity index (χ1v) is 7.12. The van der Waals surface area contributed by atoms with Crippen LogP contribution in [-0.2, 0) is 6.42 Å². The van der Waals surface area contributed by atoms with Gasteiger partial charge in [-0.05, 0) is 38.1 Å². The summed E-state index contributed by atoms with van der Waals surface area (Å²) < 4.78 is 11.4. The van der Waals surface area contributed by atoms with Gasteiger partial charge >= 0.3 is 0 Å². The molecule has 2 heterocycles. The summed E-state index contributed by atoms with van der Waals surface area (Å²) in [5.74, 6) is 2.72. The second-order valence-electron chi connectivity index (χ2n) is 4.97. The maximum atomic E-state index is 5.73. The molecule has 5 heteroatoms. The van der Waals surface area contributed by atoms with Crippen molar-refractivity contribution in [1.82, 2.24) is 15.5 Å². The smallest absolute Gasteiger partial charge is 0.219 e. The summed E-state index contributed by atoms with van der Waals surface area (Å²) in [7, 11) is 0. The zero-order valence-corrected chi connectivity index (χ0v) is 11.4. The molecule has 1 aliphatic rings. The second-order valence-corrected chi connectivity index (χ2v) is 4.97. The maximum Gasteiger partial charge on any atom is 0.219 e. The number of nitrogens with one attached hydrogen (secondary N) is 1. The van der Waals surface area contributed by atoms with Gasteiger partial charge in [-0.2, -0.15) is 0 Å². The Hall–Kier alpha value is -1.88. The first-order valence-electron chi connectivity index (χ1n) is 7.12. The van der Waals surface area contributed by atoms with Crippen LogP contribution in [0, 0.1) is 0 Å². The summed E-state index contributed by atoms with van der Waals surface area (Å²) in [6, 6.07) is 9.76. The van der Waals surface area contributed by atoms with E-state index in [1.807, 2.05) is 30.3 Å². The SMILES string of the molecule is c1ccc(OCCc2nnc(C3CCNCC3)o2)cc1. The number of rotatable bonds is 5. The van der Waals surface area contributed by atoms with Crippen molar-refractivity contribution >= 4 is 0 Å². The lowest BCUT2D eigenvalue weighted by atomic mass is 9.98. The van der Waals surface area contributed by atoms with Gasteiger partial charge in [0.2, 0.25) is 11.8 Å². The predicted molar refractivity (Wildman–Crippen MR) is 74.8 cm³/mol. The summed E-state index contributed by atoms with van der Waals surface area (Å²) in [6.07, 6.45) is 2.79. The number of ether oxygens (including phenoxy) is 1. The van der Waals surface area contributed by atoms with Gasteiger partial charge in [-0.25, -0.2) is 0 Å². The molecule has 0 spiro atoms. The quantitative estimate of drug-likeness (QED) is 0.904. The Morgan fingerprint density at radius 1 is 1.15 bits per heavy atom. The van der Waals surface area contributed by atoms with Crippen molar-refractivity contribution in [2.45, 2.75) is 25.2 Å². The van der Waals surface area contributed by atoms with E-state index >= 15 is 0 Å². The van der Waals surface area contributed by atoms with E-state index < -0.39 is 0 Å². The lowest BCUT2D eigenvalue weighted by Gasteiger charge is -2.18. The molecule has 1 N–H and O–H groups in total. The molecule has 3 rings (SSSR count). The monoisotopic (exact) mass is 273 g/mol. The van der Waals surface area contributed by atoms with Crippen molar-refractivity contribution in [1.29, 1.82) is 0 Å². The lowest BCUT2D eigenvalue weighted by Crippen LogP contribution is -2.26. The van der Waals surface area contributed by atoms with Crippen molar-refractivity contribution in [2.75, 3.05) is 19.7 Å². The number of nitrogens with zero attached hydrogens (tertiary/aromatic N) is 2. The maximum absolute atomic E-state index is 5.73. The highest BCUT2D eigenvalue weighted by atomic mass is 16.5. The molecule has 1 saturated heterocycles. The minimum absolute atomic E-state index is 0.410. The number of aromatic nitrogens is 2. The molecular formula is C15H19N3O2. The second kappa shape index (κ2) is 6.52. The number of hydrogen-bond donors (Lipinski definition) is 1.